The lowest BCUT2D eigenvalue weighted by atomic mass is 9.84. The quantitative estimate of drug-likeness (QED) is 0.0666. The minimum atomic E-state index is -1.02. The van der Waals surface area contributed by atoms with Gasteiger partial charge in [-0.3, -0.25) is 39.0 Å². The Balaban J connectivity index is 0.000000575. The van der Waals surface area contributed by atoms with E-state index in [9.17, 15) is 28.8 Å². The van der Waals surface area contributed by atoms with Crippen molar-refractivity contribution in [3.8, 4) is 5.75 Å². The number of benzene rings is 3. The number of aldehydes is 1. The van der Waals surface area contributed by atoms with Crippen molar-refractivity contribution in [2.24, 2.45) is 0 Å². The number of thiazole rings is 1. The fourth-order valence-electron chi connectivity index (χ4n) is 7.55. The molecule has 3 aromatic carbocycles. The molecule has 14 nitrogen and oxygen atoms in total. The molecule has 1 aromatic heterocycles. The maximum atomic E-state index is 13.2. The number of aromatic nitrogens is 1. The molecule has 1 atom stereocenters. The second-order valence-electron chi connectivity index (χ2n) is 14.7. The van der Waals surface area contributed by atoms with Crippen LogP contribution in [0.5, 0.6) is 5.75 Å². The molecule has 1 aliphatic carbocycles. The zero-order valence-corrected chi connectivity index (χ0v) is 34.3. The Morgan fingerprint density at radius 1 is 0.932 bits per heavy atom. The number of carbonyl (C=O) groups excluding carboxylic acids is 6. The average molecular weight is 823 g/mol. The van der Waals surface area contributed by atoms with Crippen LogP contribution in [0.15, 0.2) is 66.7 Å². The van der Waals surface area contributed by atoms with E-state index in [1.165, 1.54) is 11.3 Å². The van der Waals surface area contributed by atoms with Crippen LogP contribution in [0.4, 0.5) is 10.8 Å². The standard InChI is InChI=1S/C36H42N6O7S.C8H8O/c1-21-32(23-9-11-24(37-2)12-10-23)41-36(50-21)40-30(44)20-22-5-3-6-25(19-22)49-18-17-48-16-15-38-27-8-4-7-26-31(27)35(47)42(34(26)46)28-13-14-29(43)39-33(28)45;1-7-4-2-3-5-8(7)6-9/h3-8,19,23-24,28,37-38H,9-18,20H2,1-2H3,(H,39,43,45)(H,40,41,44);2-6H,1H3. The van der Waals surface area contributed by atoms with Crippen LogP contribution >= 0.6 is 11.3 Å². The highest BCUT2D eigenvalue weighted by atomic mass is 32.1. The lowest BCUT2D eigenvalue weighted by Crippen LogP contribution is -2.54. The van der Waals surface area contributed by atoms with Crippen LogP contribution in [0.3, 0.4) is 0 Å². The summed E-state index contributed by atoms with van der Waals surface area (Å²) < 4.78 is 11.6. The number of piperidine rings is 1. The van der Waals surface area contributed by atoms with Crippen molar-refractivity contribution < 1.29 is 38.2 Å². The summed E-state index contributed by atoms with van der Waals surface area (Å²) in [5.41, 5.74) is 4.63. The lowest BCUT2D eigenvalue weighted by molar-refractivity contribution is -0.136. The third kappa shape index (κ3) is 10.8. The fraction of sp³-hybridized carbons (Fsp3) is 0.386. The van der Waals surface area contributed by atoms with Crippen molar-refractivity contribution in [1.29, 1.82) is 0 Å². The summed E-state index contributed by atoms with van der Waals surface area (Å²) in [6, 6.07) is 19.4. The lowest BCUT2D eigenvalue weighted by Gasteiger charge is -2.27. The molecule has 0 bridgehead atoms. The summed E-state index contributed by atoms with van der Waals surface area (Å²) in [5.74, 6) is -1.24. The Labute approximate surface area is 347 Å². The van der Waals surface area contributed by atoms with E-state index in [0.717, 1.165) is 64.1 Å². The van der Waals surface area contributed by atoms with Crippen molar-refractivity contribution in [2.45, 2.75) is 76.8 Å². The Kier molecular flexibility index (Phi) is 14.7. The molecule has 1 saturated heterocycles. The van der Waals surface area contributed by atoms with E-state index in [1.54, 1.807) is 18.2 Å². The van der Waals surface area contributed by atoms with E-state index >= 15 is 0 Å². The topological polar surface area (TPSA) is 185 Å². The van der Waals surface area contributed by atoms with Gasteiger partial charge in [0.15, 0.2) is 5.13 Å². The number of anilines is 2. The minimum absolute atomic E-state index is 0.0610. The van der Waals surface area contributed by atoms with Gasteiger partial charge < -0.3 is 25.4 Å². The molecule has 5 amide bonds. The van der Waals surface area contributed by atoms with Crippen molar-refractivity contribution in [3.05, 3.63) is 105 Å². The van der Waals surface area contributed by atoms with Crippen LogP contribution < -0.4 is 26.0 Å². The first-order valence-corrected chi connectivity index (χ1v) is 20.7. The van der Waals surface area contributed by atoms with Crippen LogP contribution in [0.25, 0.3) is 0 Å². The number of aryl methyl sites for hydroxylation is 2. The van der Waals surface area contributed by atoms with Gasteiger partial charge in [0.2, 0.25) is 17.7 Å². The molecule has 3 heterocycles. The summed E-state index contributed by atoms with van der Waals surface area (Å²) in [6.07, 6.45) is 5.72. The summed E-state index contributed by atoms with van der Waals surface area (Å²) in [7, 11) is 2.02. The molecule has 4 N–H and O–H groups in total. The Bertz CT molecular complexity index is 2180. The molecular weight excluding hydrogens is 773 g/mol. The highest BCUT2D eigenvalue weighted by Gasteiger charge is 2.45. The smallest absolute Gasteiger partial charge is 0.264 e. The van der Waals surface area contributed by atoms with E-state index in [0.29, 0.717) is 54.9 Å². The van der Waals surface area contributed by atoms with Crippen LogP contribution in [0, 0.1) is 13.8 Å². The van der Waals surface area contributed by atoms with E-state index in [1.807, 2.05) is 62.5 Å². The van der Waals surface area contributed by atoms with Crippen molar-refractivity contribution >= 4 is 58.0 Å². The molecule has 59 heavy (non-hydrogen) atoms. The van der Waals surface area contributed by atoms with Gasteiger partial charge in [-0.25, -0.2) is 4.98 Å². The maximum absolute atomic E-state index is 13.2. The maximum Gasteiger partial charge on any atom is 0.264 e. The number of nitrogens with one attached hydrogen (secondary N) is 4. The molecule has 2 aliphatic heterocycles. The number of fused-ring (bicyclic) bond motifs is 1. The van der Waals surface area contributed by atoms with Gasteiger partial charge in [-0.15, -0.1) is 11.3 Å². The largest absolute Gasteiger partial charge is 0.491 e. The molecule has 15 heteroatoms. The first-order chi connectivity index (χ1) is 28.6. The van der Waals surface area contributed by atoms with E-state index in [2.05, 4.69) is 28.2 Å². The summed E-state index contributed by atoms with van der Waals surface area (Å²) >= 11 is 1.53. The normalized spacial score (nSPS) is 18.7. The third-order valence-corrected chi connectivity index (χ3v) is 11.6. The highest BCUT2D eigenvalue weighted by Crippen LogP contribution is 2.37. The highest BCUT2D eigenvalue weighted by molar-refractivity contribution is 7.15. The number of nitrogens with zero attached hydrogens (tertiary/aromatic N) is 2. The number of imide groups is 2. The van der Waals surface area contributed by atoms with Gasteiger partial charge in [0.05, 0.1) is 36.5 Å². The number of ether oxygens (including phenoxy) is 2. The molecule has 0 radical (unpaired) electrons. The van der Waals surface area contributed by atoms with Gasteiger partial charge in [-0.05, 0) is 88.4 Å². The zero-order chi connectivity index (χ0) is 41.9. The molecule has 1 unspecified atom stereocenters. The summed E-state index contributed by atoms with van der Waals surface area (Å²) in [5, 5.41) is 12.3. The SMILES string of the molecule is CNC1CCC(c2nc(NC(=O)Cc3cccc(OCCOCCNc4cccc5c4C(=O)N(C4CCC(=O)NC4=O)C5=O)c3)sc2C)CC1.Cc1ccccc1C=O. The number of carbonyl (C=O) groups is 6. The monoisotopic (exact) mass is 822 g/mol. The van der Waals surface area contributed by atoms with Crippen LogP contribution in [0.2, 0.25) is 0 Å². The van der Waals surface area contributed by atoms with Gasteiger partial charge in [-0.2, -0.15) is 0 Å². The molecule has 0 spiro atoms. The zero-order valence-electron chi connectivity index (χ0n) is 33.5. The molecule has 3 aliphatic rings. The van der Waals surface area contributed by atoms with Gasteiger partial charge in [0, 0.05) is 41.1 Å². The van der Waals surface area contributed by atoms with Gasteiger partial charge >= 0.3 is 0 Å². The van der Waals surface area contributed by atoms with Crippen molar-refractivity contribution in [3.63, 3.8) is 0 Å². The second kappa shape index (κ2) is 20.3. The van der Waals surface area contributed by atoms with E-state index in [4.69, 9.17) is 14.5 Å². The minimum Gasteiger partial charge on any atom is -0.491 e. The first-order valence-electron chi connectivity index (χ1n) is 19.9. The third-order valence-electron chi connectivity index (χ3n) is 10.7. The Morgan fingerprint density at radius 3 is 2.44 bits per heavy atom. The van der Waals surface area contributed by atoms with Crippen molar-refractivity contribution in [2.75, 3.05) is 44.0 Å². The van der Waals surface area contributed by atoms with Crippen molar-refractivity contribution in [1.82, 2.24) is 20.5 Å². The van der Waals surface area contributed by atoms with Crippen LogP contribution in [0.1, 0.15) is 97.2 Å². The molecule has 4 aromatic rings. The summed E-state index contributed by atoms with van der Waals surface area (Å²) in [4.78, 5) is 80.1. The summed E-state index contributed by atoms with van der Waals surface area (Å²) in [6.45, 7) is 5.27. The number of hydrogen-bond acceptors (Lipinski definition) is 12. The molecule has 2 fully saturated rings. The Hall–Kier alpha value is -5.77. The number of rotatable bonds is 15. The number of amides is 5. The average Bonchev–Trinajstić information content (AvgIpc) is 3.72. The predicted octanol–water partition coefficient (Wildman–Crippen LogP) is 5.59. The fourth-order valence-corrected chi connectivity index (χ4v) is 8.47. The molecular formula is C44H50N6O8S. The van der Waals surface area contributed by atoms with Gasteiger partial charge in [0.1, 0.15) is 24.7 Å². The molecule has 310 valence electrons. The Morgan fingerprint density at radius 2 is 1.71 bits per heavy atom. The van der Waals surface area contributed by atoms with Crippen LogP contribution in [-0.2, 0) is 25.5 Å². The predicted molar refractivity (Wildman–Crippen MR) is 224 cm³/mol. The molecule has 1 saturated carbocycles. The first kappa shape index (κ1) is 42.8. The molecule has 7 rings (SSSR count). The van der Waals surface area contributed by atoms with E-state index in [-0.39, 0.29) is 36.3 Å². The van der Waals surface area contributed by atoms with Gasteiger partial charge in [0.25, 0.3) is 11.8 Å². The van der Waals surface area contributed by atoms with Gasteiger partial charge in [-0.1, -0.05) is 42.5 Å². The number of hydrogen-bond donors (Lipinski definition) is 4. The second-order valence-corrected chi connectivity index (χ2v) is 15.9. The van der Waals surface area contributed by atoms with E-state index < -0.39 is 29.7 Å². The van der Waals surface area contributed by atoms with Crippen LogP contribution in [-0.4, -0.2) is 91.2 Å².